The summed E-state index contributed by atoms with van der Waals surface area (Å²) in [7, 11) is 1.42. The zero-order chi connectivity index (χ0) is 15.7. The normalized spacial score (nSPS) is 23.6. The van der Waals surface area contributed by atoms with Crippen molar-refractivity contribution in [3.05, 3.63) is 0 Å². The lowest BCUT2D eigenvalue weighted by atomic mass is 10.0. The fraction of sp³-hybridized carbons (Fsp3) is 0.938. The number of alkyl halides is 2. The molecule has 1 rings (SSSR count). The van der Waals surface area contributed by atoms with Crippen LogP contribution in [0.4, 0.5) is 0 Å². The van der Waals surface area contributed by atoms with Crippen LogP contribution in [-0.2, 0) is 14.3 Å². The topological polar surface area (TPSA) is 38.8 Å². The van der Waals surface area contributed by atoms with Crippen molar-refractivity contribution in [2.45, 2.75) is 80.0 Å². The second-order valence-electron chi connectivity index (χ2n) is 5.90. The van der Waals surface area contributed by atoms with Crippen molar-refractivity contribution in [2.75, 3.05) is 13.7 Å². The van der Waals surface area contributed by atoms with Gasteiger partial charge in [0, 0.05) is 9.65 Å². The van der Waals surface area contributed by atoms with Crippen molar-refractivity contribution in [1.82, 2.24) is 0 Å². The molecule has 21 heavy (non-hydrogen) atoms. The van der Waals surface area contributed by atoms with Gasteiger partial charge in [0.25, 0.3) is 0 Å². The fourth-order valence-corrected chi connectivity index (χ4v) is 3.69. The first-order valence-corrected chi connectivity index (χ1v) is 9.89. The minimum absolute atomic E-state index is 0.216. The summed E-state index contributed by atoms with van der Waals surface area (Å²) in [5.74, 6) is -0.216. The van der Waals surface area contributed by atoms with E-state index in [1.807, 2.05) is 0 Å². The molecule has 0 saturated carbocycles. The molecule has 0 aromatic heterocycles. The summed E-state index contributed by atoms with van der Waals surface area (Å²) in [5.41, 5.74) is -0.607. The molecular formula is C16H28Br2O3. The Kier molecular flexibility index (Phi) is 9.46. The third kappa shape index (κ3) is 7.00. The summed E-state index contributed by atoms with van der Waals surface area (Å²) in [6.45, 7) is 2.76. The summed E-state index contributed by atoms with van der Waals surface area (Å²) in [5, 5.41) is 0. The van der Waals surface area contributed by atoms with Gasteiger partial charge in [-0.25, -0.2) is 4.79 Å². The summed E-state index contributed by atoms with van der Waals surface area (Å²) in [6, 6.07) is 0. The Hall–Kier alpha value is 0.390. The van der Waals surface area contributed by atoms with Gasteiger partial charge >= 0.3 is 5.97 Å². The average Bonchev–Trinajstić information content (AvgIpc) is 3.28. The van der Waals surface area contributed by atoms with Crippen molar-refractivity contribution >= 4 is 37.8 Å². The standard InChI is InChI=1S/C16H28Br2O3/c1-3-4-5-6-9-13(17)14(18)10-7-8-11-16(12-21-16)15(19)20-2/h13-14H,3-12H2,1-2H3. The first-order chi connectivity index (χ1) is 10.1. The highest BCUT2D eigenvalue weighted by Gasteiger charge is 2.52. The Morgan fingerprint density at radius 3 is 2.19 bits per heavy atom. The predicted octanol–water partition coefficient (Wildman–Crippen LogP) is 4.99. The van der Waals surface area contributed by atoms with Gasteiger partial charge in [-0.2, -0.15) is 0 Å². The van der Waals surface area contributed by atoms with E-state index in [-0.39, 0.29) is 5.97 Å². The summed E-state index contributed by atoms with van der Waals surface area (Å²) < 4.78 is 10.1. The Morgan fingerprint density at radius 1 is 1.14 bits per heavy atom. The zero-order valence-corrected chi connectivity index (χ0v) is 16.4. The smallest absolute Gasteiger partial charge is 0.340 e. The van der Waals surface area contributed by atoms with E-state index in [0.29, 0.717) is 16.3 Å². The fourth-order valence-electron chi connectivity index (χ4n) is 2.52. The third-order valence-corrected chi connectivity index (χ3v) is 6.99. The quantitative estimate of drug-likeness (QED) is 0.190. The van der Waals surface area contributed by atoms with Gasteiger partial charge in [0.15, 0.2) is 5.60 Å². The maximum atomic E-state index is 11.5. The minimum atomic E-state index is -0.607. The summed E-state index contributed by atoms with van der Waals surface area (Å²) in [4.78, 5) is 12.6. The molecule has 3 atom stereocenters. The number of carbonyl (C=O) groups excluding carboxylic acids is 1. The second-order valence-corrected chi connectivity index (χ2v) is 8.25. The van der Waals surface area contributed by atoms with Crippen molar-refractivity contribution < 1.29 is 14.3 Å². The molecule has 124 valence electrons. The number of unbranched alkanes of at least 4 members (excludes halogenated alkanes) is 4. The van der Waals surface area contributed by atoms with E-state index in [9.17, 15) is 4.79 Å². The van der Waals surface area contributed by atoms with Crippen LogP contribution in [0, 0.1) is 0 Å². The van der Waals surface area contributed by atoms with Crippen LogP contribution in [0.5, 0.6) is 0 Å². The zero-order valence-electron chi connectivity index (χ0n) is 13.2. The molecule has 1 aliphatic heterocycles. The van der Waals surface area contributed by atoms with Gasteiger partial charge in [-0.3, -0.25) is 0 Å². The molecule has 1 saturated heterocycles. The van der Waals surface area contributed by atoms with Gasteiger partial charge < -0.3 is 9.47 Å². The lowest BCUT2D eigenvalue weighted by molar-refractivity contribution is -0.147. The van der Waals surface area contributed by atoms with E-state index in [1.165, 1.54) is 39.2 Å². The maximum Gasteiger partial charge on any atom is 0.340 e. The highest BCUT2D eigenvalue weighted by atomic mass is 79.9. The molecule has 0 radical (unpaired) electrons. The van der Waals surface area contributed by atoms with E-state index in [0.717, 1.165) is 25.7 Å². The molecule has 5 heteroatoms. The number of esters is 1. The number of hydrogen-bond donors (Lipinski definition) is 0. The van der Waals surface area contributed by atoms with E-state index in [4.69, 9.17) is 9.47 Å². The van der Waals surface area contributed by atoms with Crippen LogP contribution >= 0.6 is 31.9 Å². The van der Waals surface area contributed by atoms with Crippen LogP contribution in [0.1, 0.15) is 64.7 Å². The Labute approximate surface area is 145 Å². The molecule has 0 amide bonds. The predicted molar refractivity (Wildman–Crippen MR) is 93.4 cm³/mol. The number of hydrogen-bond acceptors (Lipinski definition) is 3. The Morgan fingerprint density at radius 2 is 1.71 bits per heavy atom. The molecule has 0 aromatic carbocycles. The lowest BCUT2D eigenvalue weighted by Crippen LogP contribution is -2.26. The summed E-state index contributed by atoms with van der Waals surface area (Å²) >= 11 is 7.57. The average molecular weight is 428 g/mol. The van der Waals surface area contributed by atoms with E-state index >= 15 is 0 Å². The number of epoxide rings is 1. The molecule has 3 nitrogen and oxygen atoms in total. The largest absolute Gasteiger partial charge is 0.467 e. The molecule has 1 heterocycles. The monoisotopic (exact) mass is 426 g/mol. The van der Waals surface area contributed by atoms with Crippen molar-refractivity contribution in [1.29, 1.82) is 0 Å². The Bertz CT molecular complexity index is 306. The van der Waals surface area contributed by atoms with Gasteiger partial charge in [0.1, 0.15) is 0 Å². The number of rotatable bonds is 12. The lowest BCUT2D eigenvalue weighted by Gasteiger charge is -2.17. The van der Waals surface area contributed by atoms with Gasteiger partial charge in [0.2, 0.25) is 0 Å². The van der Waals surface area contributed by atoms with Crippen molar-refractivity contribution in [3.8, 4) is 0 Å². The van der Waals surface area contributed by atoms with Crippen LogP contribution in [0.25, 0.3) is 0 Å². The highest BCUT2D eigenvalue weighted by Crippen LogP contribution is 2.35. The van der Waals surface area contributed by atoms with Crippen LogP contribution in [0.3, 0.4) is 0 Å². The van der Waals surface area contributed by atoms with Crippen LogP contribution in [-0.4, -0.2) is 34.9 Å². The molecule has 0 spiro atoms. The van der Waals surface area contributed by atoms with Crippen LogP contribution < -0.4 is 0 Å². The van der Waals surface area contributed by atoms with Gasteiger partial charge in [-0.1, -0.05) is 70.9 Å². The van der Waals surface area contributed by atoms with Crippen LogP contribution in [0.15, 0.2) is 0 Å². The number of carbonyl (C=O) groups is 1. The molecule has 0 bridgehead atoms. The molecule has 3 unspecified atom stereocenters. The van der Waals surface area contributed by atoms with E-state index in [1.54, 1.807) is 0 Å². The second kappa shape index (κ2) is 10.2. The molecule has 0 N–H and O–H groups in total. The molecule has 1 fully saturated rings. The number of ether oxygens (including phenoxy) is 2. The van der Waals surface area contributed by atoms with Gasteiger partial charge in [0.05, 0.1) is 13.7 Å². The van der Waals surface area contributed by atoms with Crippen molar-refractivity contribution in [3.63, 3.8) is 0 Å². The number of halogens is 2. The van der Waals surface area contributed by atoms with E-state index < -0.39 is 5.60 Å². The highest BCUT2D eigenvalue weighted by molar-refractivity contribution is 9.12. The number of methoxy groups -OCH3 is 1. The van der Waals surface area contributed by atoms with Crippen LogP contribution in [0.2, 0.25) is 0 Å². The van der Waals surface area contributed by atoms with Crippen molar-refractivity contribution in [2.24, 2.45) is 0 Å². The molecule has 0 aromatic rings. The van der Waals surface area contributed by atoms with E-state index in [2.05, 4.69) is 38.8 Å². The summed E-state index contributed by atoms with van der Waals surface area (Å²) in [6.07, 6.45) is 10.5. The van der Waals surface area contributed by atoms with Gasteiger partial charge in [-0.05, 0) is 25.7 Å². The third-order valence-electron chi connectivity index (χ3n) is 4.09. The minimum Gasteiger partial charge on any atom is -0.467 e. The Balaban J connectivity index is 2.07. The van der Waals surface area contributed by atoms with Gasteiger partial charge in [-0.15, -0.1) is 0 Å². The first kappa shape index (κ1) is 19.4. The molecule has 1 aliphatic rings. The first-order valence-electron chi connectivity index (χ1n) is 8.06. The SMILES string of the molecule is CCCCCCC(Br)C(Br)CCCCC1(C(=O)OC)CO1. The maximum absolute atomic E-state index is 11.5. The molecule has 0 aliphatic carbocycles. The molecular weight excluding hydrogens is 400 g/mol.